The van der Waals surface area contributed by atoms with Gasteiger partial charge in [0.15, 0.2) is 0 Å². The average Bonchev–Trinajstić information content (AvgIpc) is 2.26. The predicted octanol–water partition coefficient (Wildman–Crippen LogP) is 2.32. The lowest BCUT2D eigenvalue weighted by Crippen LogP contribution is -2.05. The summed E-state index contributed by atoms with van der Waals surface area (Å²) in [5.74, 6) is -0.468. The van der Waals surface area contributed by atoms with Crippen LogP contribution in [0.4, 0.5) is 4.39 Å². The van der Waals surface area contributed by atoms with Crippen molar-refractivity contribution in [2.75, 3.05) is 13.6 Å². The number of benzene rings is 1. The highest BCUT2D eigenvalue weighted by Gasteiger charge is 1.99. The first kappa shape index (κ1) is 11.4. The van der Waals surface area contributed by atoms with Crippen molar-refractivity contribution in [2.45, 2.75) is 6.42 Å². The maximum Gasteiger partial charge on any atom is 0.140 e. The van der Waals surface area contributed by atoms with Gasteiger partial charge >= 0.3 is 0 Å². The van der Waals surface area contributed by atoms with E-state index < -0.39 is 5.82 Å². The fraction of sp³-hybridized carbons (Fsp3) is 0.250. The van der Waals surface area contributed by atoms with E-state index in [4.69, 9.17) is 5.26 Å². The number of hydrogen-bond donors (Lipinski definition) is 1. The number of nitrogens with one attached hydrogen (secondary N) is 1. The summed E-state index contributed by atoms with van der Waals surface area (Å²) in [5, 5.41) is 11.7. The van der Waals surface area contributed by atoms with Crippen LogP contribution in [-0.2, 0) is 0 Å². The minimum Gasteiger partial charge on any atom is -0.319 e. The molecular formula is C12H13FN2. The van der Waals surface area contributed by atoms with Crippen molar-refractivity contribution in [3.8, 4) is 6.07 Å². The number of nitrogens with zero attached hydrogens (tertiary/aromatic N) is 1. The minimum atomic E-state index is -0.468. The van der Waals surface area contributed by atoms with Gasteiger partial charge in [0.2, 0.25) is 0 Å². The first-order chi connectivity index (χ1) is 7.27. The topological polar surface area (TPSA) is 35.8 Å². The zero-order chi connectivity index (χ0) is 11.1. The zero-order valence-corrected chi connectivity index (χ0v) is 8.63. The molecule has 1 aromatic carbocycles. The van der Waals surface area contributed by atoms with Gasteiger partial charge in [-0.3, -0.25) is 0 Å². The van der Waals surface area contributed by atoms with Gasteiger partial charge in [-0.15, -0.1) is 0 Å². The van der Waals surface area contributed by atoms with E-state index in [1.807, 2.05) is 25.3 Å². The molecule has 0 unspecified atom stereocenters. The minimum absolute atomic E-state index is 0.0887. The molecule has 0 aliphatic rings. The summed E-state index contributed by atoms with van der Waals surface area (Å²) in [6.07, 6.45) is 4.79. The van der Waals surface area contributed by atoms with Crippen molar-refractivity contribution >= 4 is 6.08 Å². The van der Waals surface area contributed by atoms with Gasteiger partial charge in [0.25, 0.3) is 0 Å². The summed E-state index contributed by atoms with van der Waals surface area (Å²) in [5.41, 5.74) is 0.940. The summed E-state index contributed by atoms with van der Waals surface area (Å²) in [4.78, 5) is 0. The van der Waals surface area contributed by atoms with Gasteiger partial charge in [0.05, 0.1) is 5.56 Å². The summed E-state index contributed by atoms with van der Waals surface area (Å²) < 4.78 is 13.0. The number of halogens is 1. The Morgan fingerprint density at radius 2 is 2.33 bits per heavy atom. The quantitative estimate of drug-likeness (QED) is 0.764. The molecule has 0 heterocycles. The Labute approximate surface area is 89.0 Å². The third-order valence-corrected chi connectivity index (χ3v) is 1.98. The van der Waals surface area contributed by atoms with E-state index >= 15 is 0 Å². The lowest BCUT2D eigenvalue weighted by atomic mass is 10.1. The monoisotopic (exact) mass is 204 g/mol. The van der Waals surface area contributed by atoms with Crippen LogP contribution in [0.15, 0.2) is 24.3 Å². The van der Waals surface area contributed by atoms with Crippen molar-refractivity contribution in [3.63, 3.8) is 0 Å². The summed E-state index contributed by atoms with van der Waals surface area (Å²) >= 11 is 0. The molecule has 0 radical (unpaired) electrons. The molecule has 2 nitrogen and oxygen atoms in total. The highest BCUT2D eigenvalue weighted by atomic mass is 19.1. The van der Waals surface area contributed by atoms with Crippen LogP contribution in [0.1, 0.15) is 17.5 Å². The second-order valence-electron chi connectivity index (χ2n) is 3.15. The SMILES string of the molecule is CNCCC=Cc1ccc(F)c(C#N)c1. The normalized spacial score (nSPS) is 10.5. The molecule has 1 rings (SSSR count). The second kappa shape index (κ2) is 5.94. The van der Waals surface area contributed by atoms with Crippen LogP contribution in [0.3, 0.4) is 0 Å². The highest BCUT2D eigenvalue weighted by molar-refractivity contribution is 5.52. The molecule has 15 heavy (non-hydrogen) atoms. The fourth-order valence-corrected chi connectivity index (χ4v) is 1.18. The van der Waals surface area contributed by atoms with Crippen molar-refractivity contribution in [1.29, 1.82) is 5.26 Å². The van der Waals surface area contributed by atoms with Crippen LogP contribution in [0.2, 0.25) is 0 Å². The van der Waals surface area contributed by atoms with Gasteiger partial charge in [0.1, 0.15) is 11.9 Å². The zero-order valence-electron chi connectivity index (χ0n) is 8.63. The van der Waals surface area contributed by atoms with E-state index in [1.54, 1.807) is 12.1 Å². The number of hydrogen-bond acceptors (Lipinski definition) is 2. The third kappa shape index (κ3) is 3.53. The molecule has 0 atom stereocenters. The Bertz CT molecular complexity index is 391. The molecule has 0 aliphatic carbocycles. The smallest absolute Gasteiger partial charge is 0.140 e. The van der Waals surface area contributed by atoms with Gasteiger partial charge in [0, 0.05) is 0 Å². The Morgan fingerprint density at radius 1 is 1.53 bits per heavy atom. The molecular weight excluding hydrogens is 191 g/mol. The Morgan fingerprint density at radius 3 is 3.00 bits per heavy atom. The van der Waals surface area contributed by atoms with Crippen LogP contribution < -0.4 is 5.32 Å². The first-order valence-corrected chi connectivity index (χ1v) is 4.78. The maximum absolute atomic E-state index is 13.0. The molecule has 0 fully saturated rings. The summed E-state index contributed by atoms with van der Waals surface area (Å²) in [6.45, 7) is 0.906. The van der Waals surface area contributed by atoms with Crippen molar-refractivity contribution in [1.82, 2.24) is 5.32 Å². The van der Waals surface area contributed by atoms with Crippen molar-refractivity contribution in [3.05, 3.63) is 41.2 Å². The van der Waals surface area contributed by atoms with E-state index in [2.05, 4.69) is 5.32 Å². The van der Waals surface area contributed by atoms with Crippen LogP contribution in [0, 0.1) is 17.1 Å². The van der Waals surface area contributed by atoms with E-state index in [9.17, 15) is 4.39 Å². The molecule has 0 amide bonds. The van der Waals surface area contributed by atoms with Gasteiger partial charge < -0.3 is 5.32 Å². The Hall–Kier alpha value is -1.66. The highest BCUT2D eigenvalue weighted by Crippen LogP contribution is 2.10. The molecule has 0 aliphatic heterocycles. The molecule has 0 spiro atoms. The largest absolute Gasteiger partial charge is 0.319 e. The van der Waals surface area contributed by atoms with Crippen LogP contribution in [-0.4, -0.2) is 13.6 Å². The van der Waals surface area contributed by atoms with Crippen LogP contribution in [0.5, 0.6) is 0 Å². The van der Waals surface area contributed by atoms with Crippen LogP contribution in [0.25, 0.3) is 6.08 Å². The van der Waals surface area contributed by atoms with Gasteiger partial charge in [-0.05, 0) is 37.7 Å². The molecule has 78 valence electrons. The number of nitriles is 1. The first-order valence-electron chi connectivity index (χ1n) is 4.78. The van der Waals surface area contributed by atoms with Gasteiger partial charge in [-0.25, -0.2) is 4.39 Å². The molecule has 1 N–H and O–H groups in total. The van der Waals surface area contributed by atoms with Crippen molar-refractivity contribution in [2.24, 2.45) is 0 Å². The van der Waals surface area contributed by atoms with E-state index in [-0.39, 0.29) is 5.56 Å². The van der Waals surface area contributed by atoms with Crippen molar-refractivity contribution < 1.29 is 4.39 Å². The fourth-order valence-electron chi connectivity index (χ4n) is 1.18. The predicted molar refractivity (Wildman–Crippen MR) is 58.7 cm³/mol. The lowest BCUT2D eigenvalue weighted by Gasteiger charge is -1.96. The molecule has 0 saturated heterocycles. The average molecular weight is 204 g/mol. The standard InChI is InChI=1S/C12H13FN2/c1-15-7-3-2-4-10-5-6-12(13)11(8-10)9-14/h2,4-6,8,15H,3,7H2,1H3. The molecule has 1 aromatic rings. The third-order valence-electron chi connectivity index (χ3n) is 1.98. The molecule has 3 heteroatoms. The molecule has 0 aromatic heterocycles. The molecule has 0 bridgehead atoms. The van der Waals surface area contributed by atoms with E-state index in [0.717, 1.165) is 18.5 Å². The van der Waals surface area contributed by atoms with E-state index in [0.29, 0.717) is 0 Å². The summed E-state index contributed by atoms with van der Waals surface area (Å²) in [7, 11) is 1.89. The summed E-state index contributed by atoms with van der Waals surface area (Å²) in [6, 6.07) is 6.34. The van der Waals surface area contributed by atoms with E-state index in [1.165, 1.54) is 6.07 Å². The second-order valence-corrected chi connectivity index (χ2v) is 3.15. The lowest BCUT2D eigenvalue weighted by molar-refractivity contribution is 0.624. The maximum atomic E-state index is 13.0. The van der Waals surface area contributed by atoms with Gasteiger partial charge in [-0.1, -0.05) is 18.2 Å². The Kier molecular flexibility index (Phi) is 4.52. The van der Waals surface area contributed by atoms with Crippen LogP contribution >= 0.6 is 0 Å². The Balaban J connectivity index is 2.71. The number of rotatable bonds is 4. The molecule has 0 saturated carbocycles. The van der Waals surface area contributed by atoms with Gasteiger partial charge in [-0.2, -0.15) is 5.26 Å².